The Bertz CT molecular complexity index is 963. The van der Waals surface area contributed by atoms with E-state index in [2.05, 4.69) is 5.43 Å². The Morgan fingerprint density at radius 3 is 2.30 bits per heavy atom. The zero-order valence-corrected chi connectivity index (χ0v) is 14.9. The Hall–Kier alpha value is -3.25. The lowest BCUT2D eigenvalue weighted by atomic mass is 10.1. The van der Waals surface area contributed by atoms with Gasteiger partial charge in [-0.05, 0) is 61.4 Å². The lowest BCUT2D eigenvalue weighted by Crippen LogP contribution is -2.27. The van der Waals surface area contributed by atoms with Crippen LogP contribution in [0.4, 0.5) is 0 Å². The third kappa shape index (κ3) is 4.48. The van der Waals surface area contributed by atoms with Crippen molar-refractivity contribution in [2.75, 3.05) is 5.43 Å². The summed E-state index contributed by atoms with van der Waals surface area (Å²) >= 11 is 5.94. The number of halogens is 1. The number of carboxylic acids is 1. The molecule has 0 atom stereocenters. The number of aryl methyl sites for hydroxylation is 1. The average Bonchev–Trinajstić information content (AvgIpc) is 3.03. The number of aliphatic carboxylic acids is 1. The molecule has 0 aliphatic rings. The van der Waals surface area contributed by atoms with Gasteiger partial charge in [0.1, 0.15) is 5.75 Å². The van der Waals surface area contributed by atoms with E-state index < -0.39 is 11.9 Å². The number of hydrogen-bond donors (Lipinski definition) is 2. The van der Waals surface area contributed by atoms with Crippen LogP contribution >= 0.6 is 11.6 Å². The van der Waals surface area contributed by atoms with Gasteiger partial charge in [-0.2, -0.15) is 0 Å². The van der Waals surface area contributed by atoms with Crippen LogP contribution in [0.15, 0.2) is 60.7 Å². The minimum atomic E-state index is -1.17. The third-order valence-electron chi connectivity index (χ3n) is 4.03. The van der Waals surface area contributed by atoms with Crippen LogP contribution in [0.5, 0.6) is 5.75 Å². The fourth-order valence-electron chi connectivity index (χ4n) is 2.66. The second kappa shape index (κ2) is 7.97. The number of carboxylic acid groups (broad SMARTS) is 1. The van der Waals surface area contributed by atoms with E-state index in [1.165, 1.54) is 24.3 Å². The van der Waals surface area contributed by atoms with Crippen LogP contribution in [0.2, 0.25) is 5.02 Å². The van der Waals surface area contributed by atoms with Gasteiger partial charge in [-0.3, -0.25) is 14.9 Å². The van der Waals surface area contributed by atoms with Crippen molar-refractivity contribution in [3.05, 3.63) is 76.9 Å². The van der Waals surface area contributed by atoms with E-state index in [4.69, 9.17) is 11.6 Å². The second-order valence-electron chi connectivity index (χ2n) is 5.91. The zero-order valence-electron chi connectivity index (χ0n) is 14.2. The molecule has 0 saturated carbocycles. The summed E-state index contributed by atoms with van der Waals surface area (Å²) in [4.78, 5) is 23.4. The van der Waals surface area contributed by atoms with E-state index in [1.807, 2.05) is 12.1 Å². The van der Waals surface area contributed by atoms with E-state index >= 15 is 0 Å². The van der Waals surface area contributed by atoms with Crippen LogP contribution in [0, 0.1) is 0 Å². The highest BCUT2D eigenvalue weighted by molar-refractivity contribution is 6.30. The summed E-state index contributed by atoms with van der Waals surface area (Å²) in [7, 11) is 0. The Balaban J connectivity index is 1.95. The van der Waals surface area contributed by atoms with Crippen molar-refractivity contribution in [3.8, 4) is 17.0 Å². The molecule has 0 spiro atoms. The van der Waals surface area contributed by atoms with E-state index in [9.17, 15) is 19.8 Å². The van der Waals surface area contributed by atoms with Crippen molar-refractivity contribution < 1.29 is 19.8 Å². The summed E-state index contributed by atoms with van der Waals surface area (Å²) in [5, 5.41) is 20.8. The number of carbonyl (C=O) groups excluding carboxylic acids is 2. The van der Waals surface area contributed by atoms with E-state index in [1.54, 1.807) is 28.9 Å². The minimum absolute atomic E-state index is 0.0593. The Labute approximate surface area is 160 Å². The van der Waals surface area contributed by atoms with Gasteiger partial charge < -0.3 is 15.0 Å². The third-order valence-corrected chi connectivity index (χ3v) is 4.28. The predicted octanol–water partition coefficient (Wildman–Crippen LogP) is 2.58. The maximum absolute atomic E-state index is 12.6. The molecule has 0 saturated heterocycles. The van der Waals surface area contributed by atoms with Crippen molar-refractivity contribution in [2.45, 2.75) is 12.8 Å². The first-order valence-corrected chi connectivity index (χ1v) is 8.58. The van der Waals surface area contributed by atoms with E-state index in [0.29, 0.717) is 22.0 Å². The van der Waals surface area contributed by atoms with Gasteiger partial charge in [-0.15, -0.1) is 0 Å². The van der Waals surface area contributed by atoms with Gasteiger partial charge in [0, 0.05) is 27.8 Å². The van der Waals surface area contributed by atoms with Crippen molar-refractivity contribution in [3.63, 3.8) is 0 Å². The molecule has 2 N–H and O–H groups in total. The molecule has 0 aliphatic carbocycles. The second-order valence-corrected chi connectivity index (χ2v) is 6.35. The molecule has 0 bridgehead atoms. The molecule has 1 heterocycles. The molecule has 3 rings (SSSR count). The predicted molar refractivity (Wildman–Crippen MR) is 100 cm³/mol. The first-order chi connectivity index (χ1) is 12.9. The number of phenolic OH excluding ortho intramolecular Hbond substituents is 1. The molecule has 3 aromatic rings. The highest BCUT2D eigenvalue weighted by atomic mass is 35.5. The van der Waals surface area contributed by atoms with Gasteiger partial charge in [0.15, 0.2) is 0 Å². The number of carbonyl (C=O) groups is 2. The first-order valence-electron chi connectivity index (χ1n) is 8.21. The van der Waals surface area contributed by atoms with Crippen LogP contribution in [0.3, 0.4) is 0 Å². The van der Waals surface area contributed by atoms with Gasteiger partial charge in [0.05, 0.1) is 5.69 Å². The largest absolute Gasteiger partial charge is 0.550 e. The molecule has 0 aliphatic heterocycles. The Kier molecular flexibility index (Phi) is 5.47. The maximum atomic E-state index is 12.6. The Morgan fingerprint density at radius 2 is 1.67 bits per heavy atom. The fraction of sp³-hybridized carbons (Fsp3) is 0.100. The lowest BCUT2D eigenvalue weighted by molar-refractivity contribution is -0.305. The number of nitrogens with zero attached hydrogens (tertiary/aromatic N) is 1. The quantitative estimate of drug-likeness (QED) is 0.684. The van der Waals surface area contributed by atoms with Crippen LogP contribution in [-0.2, 0) is 11.2 Å². The van der Waals surface area contributed by atoms with Gasteiger partial charge in [0.25, 0.3) is 5.91 Å². The number of rotatable bonds is 6. The van der Waals surface area contributed by atoms with Crippen LogP contribution < -0.4 is 10.5 Å². The molecule has 0 fully saturated rings. The average molecular weight is 384 g/mol. The number of phenols is 1. The molecule has 2 aromatic carbocycles. The highest BCUT2D eigenvalue weighted by Crippen LogP contribution is 2.24. The summed E-state index contributed by atoms with van der Waals surface area (Å²) in [5.41, 5.74) is 5.26. The van der Waals surface area contributed by atoms with Gasteiger partial charge in [-0.25, -0.2) is 0 Å². The first kappa shape index (κ1) is 18.5. The van der Waals surface area contributed by atoms with E-state index in [0.717, 1.165) is 5.56 Å². The van der Waals surface area contributed by atoms with Crippen LogP contribution in [0.25, 0.3) is 11.3 Å². The number of benzene rings is 2. The number of nitrogens with one attached hydrogen (secondary N) is 1. The topological polar surface area (TPSA) is 94.4 Å². The smallest absolute Gasteiger partial charge is 0.270 e. The molecule has 27 heavy (non-hydrogen) atoms. The monoisotopic (exact) mass is 383 g/mol. The number of amides is 1. The van der Waals surface area contributed by atoms with Crippen molar-refractivity contribution in [2.24, 2.45) is 0 Å². The van der Waals surface area contributed by atoms with Gasteiger partial charge >= 0.3 is 0 Å². The van der Waals surface area contributed by atoms with E-state index in [-0.39, 0.29) is 18.6 Å². The molecule has 0 radical (unpaired) electrons. The highest BCUT2D eigenvalue weighted by Gasteiger charge is 2.14. The molecule has 1 amide bonds. The van der Waals surface area contributed by atoms with Gasteiger partial charge in [0.2, 0.25) is 0 Å². The lowest BCUT2D eigenvalue weighted by Gasteiger charge is -2.15. The van der Waals surface area contributed by atoms with Crippen molar-refractivity contribution >= 4 is 23.5 Å². The summed E-state index contributed by atoms with van der Waals surface area (Å²) in [6, 6.07) is 16.5. The fourth-order valence-corrected chi connectivity index (χ4v) is 2.79. The van der Waals surface area contributed by atoms with Crippen LogP contribution in [-0.4, -0.2) is 21.7 Å². The number of hydrogen-bond acceptors (Lipinski definition) is 4. The molecular weight excluding hydrogens is 368 g/mol. The zero-order chi connectivity index (χ0) is 19.4. The summed E-state index contributed by atoms with van der Waals surface area (Å²) < 4.78 is 1.56. The summed E-state index contributed by atoms with van der Waals surface area (Å²) in [5.74, 6) is -1.50. The maximum Gasteiger partial charge on any atom is 0.270 e. The Morgan fingerprint density at radius 1 is 1.00 bits per heavy atom. The summed E-state index contributed by atoms with van der Waals surface area (Å²) in [6.07, 6.45) is 0.0327. The molecule has 1 aromatic heterocycles. The summed E-state index contributed by atoms with van der Waals surface area (Å²) in [6.45, 7) is 0. The molecule has 138 valence electrons. The molecular formula is C20H16ClN2O4-. The van der Waals surface area contributed by atoms with Crippen LogP contribution in [0.1, 0.15) is 22.5 Å². The molecule has 7 heteroatoms. The molecule has 6 nitrogen and oxygen atoms in total. The normalized spacial score (nSPS) is 10.6. The van der Waals surface area contributed by atoms with Crippen molar-refractivity contribution in [1.82, 2.24) is 4.68 Å². The van der Waals surface area contributed by atoms with Crippen molar-refractivity contribution in [1.29, 1.82) is 0 Å². The standard InChI is InChI=1S/C20H17ClN2O4/c21-15-5-1-13(2-6-15)18-11-7-16(8-12-19(25)26)23(18)22-20(27)14-3-9-17(24)10-4-14/h1-7,9-11,24H,8,12H2,(H,22,27)(H,25,26)/p-1. The molecule has 0 unspecified atom stereocenters. The minimum Gasteiger partial charge on any atom is -0.550 e. The number of aromatic nitrogens is 1. The number of aromatic hydroxyl groups is 1. The SMILES string of the molecule is O=C([O-])CCc1ccc(-c2ccc(Cl)cc2)n1NC(=O)c1ccc(O)cc1. The van der Waals surface area contributed by atoms with Gasteiger partial charge in [-0.1, -0.05) is 23.7 Å².